The van der Waals surface area contributed by atoms with Crippen molar-refractivity contribution >= 4 is 21.5 Å². The lowest BCUT2D eigenvalue weighted by atomic mass is 9.67. The molecule has 0 bridgehead atoms. The third-order valence-electron chi connectivity index (χ3n) is 5.32. The van der Waals surface area contributed by atoms with E-state index in [4.69, 9.17) is 9.29 Å². The molecule has 5 nitrogen and oxygen atoms in total. The van der Waals surface area contributed by atoms with Gasteiger partial charge in [-0.2, -0.15) is 8.42 Å². The number of Topliss-reactive ketones (excluding diaryl/α,β-unsaturated/α-hetero) is 1. The first-order valence-electron chi connectivity index (χ1n) is 8.13. The van der Waals surface area contributed by atoms with Gasteiger partial charge in [-0.1, -0.05) is 6.07 Å². The van der Waals surface area contributed by atoms with E-state index in [2.05, 4.69) is 0 Å². The summed E-state index contributed by atoms with van der Waals surface area (Å²) in [5, 5.41) is 0. The summed E-state index contributed by atoms with van der Waals surface area (Å²) in [7, 11) is -2.34. The van der Waals surface area contributed by atoms with Gasteiger partial charge in [-0.3, -0.25) is 9.35 Å². The van der Waals surface area contributed by atoms with Gasteiger partial charge in [0.25, 0.3) is 10.1 Å². The fourth-order valence-corrected chi connectivity index (χ4v) is 4.76. The number of hydrogen-bond donors (Lipinski definition) is 1. The van der Waals surface area contributed by atoms with Gasteiger partial charge in [0.1, 0.15) is 5.75 Å². The molecular formula is C18H22O5S. The molecule has 0 spiro atoms. The van der Waals surface area contributed by atoms with Crippen molar-refractivity contribution in [2.45, 2.75) is 39.0 Å². The monoisotopic (exact) mass is 350 g/mol. The van der Waals surface area contributed by atoms with Crippen LogP contribution in [0.4, 0.5) is 0 Å². The van der Waals surface area contributed by atoms with E-state index < -0.39 is 10.1 Å². The quantitative estimate of drug-likeness (QED) is 0.826. The zero-order valence-corrected chi connectivity index (χ0v) is 14.8. The molecule has 6 heteroatoms. The van der Waals surface area contributed by atoms with Crippen LogP contribution in [-0.4, -0.2) is 31.6 Å². The molecular weight excluding hydrogens is 328 g/mol. The molecule has 1 aromatic rings. The van der Waals surface area contributed by atoms with Gasteiger partial charge in [-0.25, -0.2) is 0 Å². The summed E-state index contributed by atoms with van der Waals surface area (Å²) >= 11 is 0. The molecule has 1 aromatic carbocycles. The highest BCUT2D eigenvalue weighted by Crippen LogP contribution is 2.56. The molecule has 0 saturated carbocycles. The molecule has 2 aliphatic rings. The van der Waals surface area contributed by atoms with Crippen LogP contribution < -0.4 is 4.74 Å². The SMILES string of the molecule is COc1ccc2c(c1)CC1(CCCS(=O)(=O)O)CCC(=O)C(C)=C21. The van der Waals surface area contributed by atoms with Crippen molar-refractivity contribution in [1.82, 2.24) is 0 Å². The molecule has 0 fully saturated rings. The largest absolute Gasteiger partial charge is 0.497 e. The van der Waals surface area contributed by atoms with Crippen molar-refractivity contribution in [3.63, 3.8) is 0 Å². The zero-order valence-electron chi connectivity index (χ0n) is 14.0. The van der Waals surface area contributed by atoms with E-state index in [0.29, 0.717) is 19.3 Å². The lowest BCUT2D eigenvalue weighted by Gasteiger charge is -2.36. The van der Waals surface area contributed by atoms with E-state index in [1.807, 2.05) is 25.1 Å². The predicted octanol–water partition coefficient (Wildman–Crippen LogP) is 3.04. The molecule has 2 aliphatic carbocycles. The van der Waals surface area contributed by atoms with Gasteiger partial charge in [0, 0.05) is 11.8 Å². The van der Waals surface area contributed by atoms with Crippen molar-refractivity contribution in [3.05, 3.63) is 34.9 Å². The highest BCUT2D eigenvalue weighted by Gasteiger charge is 2.45. The van der Waals surface area contributed by atoms with E-state index >= 15 is 0 Å². The minimum Gasteiger partial charge on any atom is -0.497 e. The standard InChI is InChI=1S/C18H22O5S/c1-12-16(19)6-8-18(7-3-9-24(20,21)22)11-13-10-14(23-2)4-5-15(13)17(12)18/h4-5,10H,3,6-9,11H2,1-2H3,(H,20,21,22). The van der Waals surface area contributed by atoms with Crippen LogP contribution in [0.25, 0.3) is 5.57 Å². The molecule has 130 valence electrons. The van der Waals surface area contributed by atoms with Gasteiger partial charge in [-0.05, 0) is 67.0 Å². The summed E-state index contributed by atoms with van der Waals surface area (Å²) in [4.78, 5) is 12.2. The van der Waals surface area contributed by atoms with Gasteiger partial charge < -0.3 is 4.74 Å². The first kappa shape index (κ1) is 17.2. The number of hydrogen-bond acceptors (Lipinski definition) is 4. The van der Waals surface area contributed by atoms with E-state index in [9.17, 15) is 13.2 Å². The summed E-state index contributed by atoms with van der Waals surface area (Å²) in [6.07, 6.45) is 3.02. The van der Waals surface area contributed by atoms with Gasteiger partial charge in [0.2, 0.25) is 0 Å². The third kappa shape index (κ3) is 3.00. The van der Waals surface area contributed by atoms with Gasteiger partial charge in [0.05, 0.1) is 12.9 Å². The van der Waals surface area contributed by atoms with Crippen LogP contribution in [-0.2, 0) is 21.3 Å². The number of ketones is 1. The number of carbonyl (C=O) groups is 1. The Morgan fingerprint density at radius 2 is 2.08 bits per heavy atom. The zero-order chi connectivity index (χ0) is 17.5. The second-order valence-electron chi connectivity index (χ2n) is 6.79. The molecule has 0 saturated heterocycles. The normalized spacial score (nSPS) is 23.2. The van der Waals surface area contributed by atoms with E-state index in [-0.39, 0.29) is 17.0 Å². The van der Waals surface area contributed by atoms with Crippen LogP contribution in [0.3, 0.4) is 0 Å². The number of methoxy groups -OCH3 is 1. The molecule has 24 heavy (non-hydrogen) atoms. The number of ether oxygens (including phenoxy) is 1. The Bertz CT molecular complexity index is 822. The first-order chi connectivity index (χ1) is 11.3. The fraction of sp³-hybridized carbons (Fsp3) is 0.500. The van der Waals surface area contributed by atoms with E-state index in [1.54, 1.807) is 7.11 Å². The first-order valence-corrected chi connectivity index (χ1v) is 9.74. The number of benzene rings is 1. The Morgan fingerprint density at radius 3 is 2.75 bits per heavy atom. The number of allylic oxidation sites excluding steroid dienone is 2. The summed E-state index contributed by atoms with van der Waals surface area (Å²) in [6.45, 7) is 1.87. The number of rotatable bonds is 5. The van der Waals surface area contributed by atoms with Crippen molar-refractivity contribution in [2.75, 3.05) is 12.9 Å². The van der Waals surface area contributed by atoms with E-state index in [1.165, 1.54) is 0 Å². The molecule has 0 heterocycles. The van der Waals surface area contributed by atoms with Crippen LogP contribution in [0.5, 0.6) is 5.75 Å². The summed E-state index contributed by atoms with van der Waals surface area (Å²) in [6, 6.07) is 5.89. The predicted molar refractivity (Wildman–Crippen MR) is 91.6 cm³/mol. The molecule has 1 unspecified atom stereocenters. The minimum absolute atomic E-state index is 0.166. The highest BCUT2D eigenvalue weighted by molar-refractivity contribution is 7.85. The molecule has 3 rings (SSSR count). The van der Waals surface area contributed by atoms with Gasteiger partial charge in [0.15, 0.2) is 5.78 Å². The molecule has 0 amide bonds. The maximum absolute atomic E-state index is 12.2. The van der Waals surface area contributed by atoms with Crippen molar-refractivity contribution in [2.24, 2.45) is 5.41 Å². The van der Waals surface area contributed by atoms with Crippen LogP contribution >= 0.6 is 0 Å². The van der Waals surface area contributed by atoms with Crippen LogP contribution in [0.1, 0.15) is 43.7 Å². The van der Waals surface area contributed by atoms with E-state index in [0.717, 1.165) is 40.9 Å². The van der Waals surface area contributed by atoms with Crippen LogP contribution in [0.15, 0.2) is 23.8 Å². The Kier molecular flexibility index (Phi) is 4.30. The summed E-state index contributed by atoms with van der Waals surface area (Å²) in [5.41, 5.74) is 3.86. The fourth-order valence-electron chi connectivity index (χ4n) is 4.25. The van der Waals surface area contributed by atoms with Crippen LogP contribution in [0.2, 0.25) is 0 Å². The van der Waals surface area contributed by atoms with Crippen LogP contribution in [0, 0.1) is 5.41 Å². The Labute approximate surface area is 142 Å². The Hall–Kier alpha value is -1.66. The van der Waals surface area contributed by atoms with Crippen molar-refractivity contribution in [3.8, 4) is 5.75 Å². The second kappa shape index (κ2) is 6.01. The maximum Gasteiger partial charge on any atom is 0.264 e. The van der Waals surface area contributed by atoms with Crippen molar-refractivity contribution in [1.29, 1.82) is 0 Å². The topological polar surface area (TPSA) is 80.7 Å². The van der Waals surface area contributed by atoms with Crippen molar-refractivity contribution < 1.29 is 22.5 Å². The average Bonchev–Trinajstić information content (AvgIpc) is 2.83. The smallest absolute Gasteiger partial charge is 0.264 e. The van der Waals surface area contributed by atoms with Gasteiger partial charge >= 0.3 is 0 Å². The molecule has 0 aliphatic heterocycles. The maximum atomic E-state index is 12.2. The Balaban J connectivity index is 2.00. The lowest BCUT2D eigenvalue weighted by molar-refractivity contribution is -0.116. The second-order valence-corrected chi connectivity index (χ2v) is 8.37. The molecule has 1 N–H and O–H groups in total. The number of fused-ring (bicyclic) bond motifs is 3. The lowest BCUT2D eigenvalue weighted by Crippen LogP contribution is -2.28. The minimum atomic E-state index is -3.96. The third-order valence-corrected chi connectivity index (χ3v) is 6.13. The van der Waals surface area contributed by atoms with Gasteiger partial charge in [-0.15, -0.1) is 0 Å². The molecule has 0 radical (unpaired) electrons. The summed E-state index contributed by atoms with van der Waals surface area (Å²) < 4.78 is 36.4. The molecule has 1 atom stereocenters. The molecule has 0 aromatic heterocycles. The Morgan fingerprint density at radius 1 is 1.33 bits per heavy atom. The number of carbonyl (C=O) groups excluding carboxylic acids is 1. The summed E-state index contributed by atoms with van der Waals surface area (Å²) in [5.74, 6) is 0.707. The average molecular weight is 350 g/mol. The highest BCUT2D eigenvalue weighted by atomic mass is 32.2.